The topological polar surface area (TPSA) is 26.0 Å². The average Bonchev–Trinajstić information content (AvgIpc) is 2.90. The van der Waals surface area contributed by atoms with Crippen molar-refractivity contribution in [1.82, 2.24) is 0 Å². The van der Waals surface area contributed by atoms with Crippen LogP contribution in [0, 0.1) is 46.8 Å². The Hall–Kier alpha value is -0.0400. The number of hydrogen-bond donors (Lipinski definition) is 1. The number of hydrogen-bond acceptors (Lipinski definition) is 1. The lowest BCUT2D eigenvalue weighted by atomic mass is 9.49. The molecule has 1 heteroatoms. The standard InChI is InChI=1S/C21H37N/c1-3-16-6-9-20-19-8-5-15-12-14(13-22)4-7-17(15)18(19)10-11-21(16,20)2/h14-20H,3-13,22H2,1-2H3. The summed E-state index contributed by atoms with van der Waals surface area (Å²) < 4.78 is 0. The van der Waals surface area contributed by atoms with Crippen molar-refractivity contribution >= 4 is 0 Å². The molecule has 1 nitrogen and oxygen atoms in total. The fraction of sp³-hybridized carbons (Fsp3) is 1.00. The Morgan fingerprint density at radius 1 is 0.909 bits per heavy atom. The van der Waals surface area contributed by atoms with Crippen molar-refractivity contribution in [3.8, 4) is 0 Å². The van der Waals surface area contributed by atoms with Gasteiger partial charge in [-0.15, -0.1) is 0 Å². The minimum Gasteiger partial charge on any atom is -0.330 e. The van der Waals surface area contributed by atoms with Crippen LogP contribution in [0.15, 0.2) is 0 Å². The molecule has 4 fully saturated rings. The summed E-state index contributed by atoms with van der Waals surface area (Å²) in [5, 5.41) is 0. The van der Waals surface area contributed by atoms with Crippen molar-refractivity contribution in [2.24, 2.45) is 52.6 Å². The SMILES string of the molecule is CCC1CCC2C3CCC4CC(CN)CCC4C3CCC12C. The van der Waals surface area contributed by atoms with Gasteiger partial charge in [-0.3, -0.25) is 0 Å². The third-order valence-corrected chi connectivity index (χ3v) is 9.09. The van der Waals surface area contributed by atoms with E-state index in [-0.39, 0.29) is 0 Å². The normalized spacial score (nSPS) is 54.4. The summed E-state index contributed by atoms with van der Waals surface area (Å²) in [6.07, 6.45) is 15.1. The predicted octanol–water partition coefficient (Wildman–Crippen LogP) is 5.24. The average molecular weight is 304 g/mol. The second-order valence-corrected chi connectivity index (χ2v) is 9.58. The lowest BCUT2D eigenvalue weighted by Gasteiger charge is -2.56. The van der Waals surface area contributed by atoms with Crippen molar-refractivity contribution in [2.75, 3.05) is 6.54 Å². The lowest BCUT2D eigenvalue weighted by molar-refractivity contribution is -0.0677. The zero-order chi connectivity index (χ0) is 15.3. The summed E-state index contributed by atoms with van der Waals surface area (Å²) in [6.45, 7) is 6.05. The van der Waals surface area contributed by atoms with Crippen LogP contribution in [0.5, 0.6) is 0 Å². The fourth-order valence-corrected chi connectivity index (χ4v) is 7.94. The number of fused-ring (bicyclic) bond motifs is 5. The first kappa shape index (κ1) is 15.5. The van der Waals surface area contributed by atoms with Crippen LogP contribution in [0.3, 0.4) is 0 Å². The van der Waals surface area contributed by atoms with E-state index >= 15 is 0 Å². The lowest BCUT2D eigenvalue weighted by Crippen LogP contribution is -2.48. The highest BCUT2D eigenvalue weighted by atomic mass is 14.6. The zero-order valence-corrected chi connectivity index (χ0v) is 14.9. The molecule has 4 saturated carbocycles. The molecule has 0 aliphatic heterocycles. The quantitative estimate of drug-likeness (QED) is 0.741. The van der Waals surface area contributed by atoms with E-state index in [1.807, 2.05) is 0 Å². The molecule has 0 amide bonds. The summed E-state index contributed by atoms with van der Waals surface area (Å²) in [5.74, 6) is 7.25. The van der Waals surface area contributed by atoms with Gasteiger partial charge in [0.25, 0.3) is 0 Å². The molecule has 0 spiro atoms. The maximum absolute atomic E-state index is 5.97. The molecule has 4 rings (SSSR count). The Bertz CT molecular complexity index is 405. The van der Waals surface area contributed by atoms with Gasteiger partial charge in [-0.05, 0) is 111 Å². The molecule has 8 atom stereocenters. The molecular formula is C21H37N. The molecular weight excluding hydrogens is 266 g/mol. The number of nitrogens with two attached hydrogens (primary N) is 1. The maximum atomic E-state index is 5.97. The van der Waals surface area contributed by atoms with Crippen molar-refractivity contribution in [2.45, 2.75) is 78.1 Å². The Kier molecular flexibility index (Phi) is 4.08. The molecule has 126 valence electrons. The summed E-state index contributed by atoms with van der Waals surface area (Å²) >= 11 is 0. The summed E-state index contributed by atoms with van der Waals surface area (Å²) in [4.78, 5) is 0. The molecule has 0 saturated heterocycles. The predicted molar refractivity (Wildman–Crippen MR) is 93.4 cm³/mol. The summed E-state index contributed by atoms with van der Waals surface area (Å²) in [7, 11) is 0. The highest BCUT2D eigenvalue weighted by Gasteiger charge is 2.56. The van der Waals surface area contributed by atoms with Crippen molar-refractivity contribution in [1.29, 1.82) is 0 Å². The van der Waals surface area contributed by atoms with E-state index in [2.05, 4.69) is 13.8 Å². The molecule has 2 N–H and O–H groups in total. The van der Waals surface area contributed by atoms with Crippen LogP contribution in [-0.2, 0) is 0 Å². The molecule has 0 radical (unpaired) electrons. The van der Waals surface area contributed by atoms with Gasteiger partial charge in [0.2, 0.25) is 0 Å². The van der Waals surface area contributed by atoms with Gasteiger partial charge in [-0.2, -0.15) is 0 Å². The molecule has 4 aliphatic carbocycles. The van der Waals surface area contributed by atoms with Gasteiger partial charge in [-0.1, -0.05) is 20.3 Å². The third kappa shape index (κ3) is 2.21. The van der Waals surface area contributed by atoms with E-state index in [4.69, 9.17) is 5.73 Å². The summed E-state index contributed by atoms with van der Waals surface area (Å²) in [5.41, 5.74) is 6.68. The van der Waals surface area contributed by atoms with Crippen LogP contribution in [0.25, 0.3) is 0 Å². The maximum Gasteiger partial charge on any atom is -0.00488 e. The highest BCUT2D eigenvalue weighted by molar-refractivity contribution is 5.05. The van der Waals surface area contributed by atoms with E-state index in [0.717, 1.165) is 48.0 Å². The summed E-state index contributed by atoms with van der Waals surface area (Å²) in [6, 6.07) is 0. The molecule has 0 heterocycles. The van der Waals surface area contributed by atoms with Gasteiger partial charge in [0.05, 0.1) is 0 Å². The van der Waals surface area contributed by atoms with Gasteiger partial charge in [0, 0.05) is 0 Å². The second kappa shape index (κ2) is 5.80. The van der Waals surface area contributed by atoms with Gasteiger partial charge in [0.15, 0.2) is 0 Å². The Morgan fingerprint density at radius 3 is 2.50 bits per heavy atom. The molecule has 8 unspecified atom stereocenters. The molecule has 0 bridgehead atoms. The van der Waals surface area contributed by atoms with Gasteiger partial charge < -0.3 is 5.73 Å². The Labute approximate surface area is 137 Å². The second-order valence-electron chi connectivity index (χ2n) is 9.58. The number of rotatable bonds is 2. The van der Waals surface area contributed by atoms with Crippen LogP contribution >= 0.6 is 0 Å². The zero-order valence-electron chi connectivity index (χ0n) is 14.9. The van der Waals surface area contributed by atoms with Gasteiger partial charge in [0.1, 0.15) is 0 Å². The molecule has 0 aromatic heterocycles. The van der Waals surface area contributed by atoms with E-state index in [1.165, 1.54) is 38.5 Å². The minimum atomic E-state index is 0.706. The van der Waals surface area contributed by atoms with E-state index in [1.54, 1.807) is 25.7 Å². The van der Waals surface area contributed by atoms with E-state index < -0.39 is 0 Å². The van der Waals surface area contributed by atoms with Crippen molar-refractivity contribution in [3.63, 3.8) is 0 Å². The first-order valence-corrected chi connectivity index (χ1v) is 10.4. The monoisotopic (exact) mass is 303 g/mol. The van der Waals surface area contributed by atoms with Gasteiger partial charge in [-0.25, -0.2) is 0 Å². The molecule has 4 aliphatic rings. The van der Waals surface area contributed by atoms with E-state index in [9.17, 15) is 0 Å². The van der Waals surface area contributed by atoms with Crippen molar-refractivity contribution < 1.29 is 0 Å². The van der Waals surface area contributed by atoms with Crippen LogP contribution in [0.2, 0.25) is 0 Å². The molecule has 0 aromatic rings. The fourth-order valence-electron chi connectivity index (χ4n) is 7.94. The smallest absolute Gasteiger partial charge is 0.00488 e. The molecule has 0 aromatic carbocycles. The highest BCUT2D eigenvalue weighted by Crippen LogP contribution is 2.64. The molecule has 22 heavy (non-hydrogen) atoms. The third-order valence-electron chi connectivity index (χ3n) is 9.09. The van der Waals surface area contributed by atoms with Crippen LogP contribution in [0.4, 0.5) is 0 Å². The van der Waals surface area contributed by atoms with Gasteiger partial charge >= 0.3 is 0 Å². The Morgan fingerprint density at radius 2 is 1.73 bits per heavy atom. The van der Waals surface area contributed by atoms with Crippen LogP contribution < -0.4 is 5.73 Å². The largest absolute Gasteiger partial charge is 0.330 e. The van der Waals surface area contributed by atoms with Crippen LogP contribution in [0.1, 0.15) is 78.1 Å². The Balaban J connectivity index is 1.52. The van der Waals surface area contributed by atoms with E-state index in [0.29, 0.717) is 5.41 Å². The minimum absolute atomic E-state index is 0.706. The first-order valence-electron chi connectivity index (χ1n) is 10.4. The first-order chi connectivity index (χ1) is 10.7. The van der Waals surface area contributed by atoms with Crippen LogP contribution in [-0.4, -0.2) is 6.54 Å². The van der Waals surface area contributed by atoms with Crippen molar-refractivity contribution in [3.05, 3.63) is 0 Å².